The molecule has 1 aliphatic rings. The van der Waals surface area contributed by atoms with E-state index in [-0.39, 0.29) is 18.9 Å². The highest BCUT2D eigenvalue weighted by molar-refractivity contribution is 6.04. The van der Waals surface area contributed by atoms with Crippen LogP contribution in [0, 0.1) is 0 Å². The first kappa shape index (κ1) is 18.8. The first-order valence-electron chi connectivity index (χ1n) is 9.07. The summed E-state index contributed by atoms with van der Waals surface area (Å²) in [6.07, 6.45) is 2.35. The van der Waals surface area contributed by atoms with E-state index in [1.807, 2.05) is 36.4 Å². The van der Waals surface area contributed by atoms with E-state index < -0.39 is 24.5 Å². The Labute approximate surface area is 166 Å². The molecule has 0 bridgehead atoms. The zero-order valence-electron chi connectivity index (χ0n) is 15.4. The number of benzene rings is 2. The maximum Gasteiger partial charge on any atom is 0.328 e. The summed E-state index contributed by atoms with van der Waals surface area (Å²) in [5.41, 5.74) is 1.53. The van der Waals surface area contributed by atoms with Gasteiger partial charge in [0.2, 0.25) is 0 Å². The van der Waals surface area contributed by atoms with Gasteiger partial charge in [-0.3, -0.25) is 14.3 Å². The summed E-state index contributed by atoms with van der Waals surface area (Å²) in [5, 5.41) is 0. The summed E-state index contributed by atoms with van der Waals surface area (Å²) < 4.78 is 27.0. The maximum atomic E-state index is 13.2. The van der Waals surface area contributed by atoms with Gasteiger partial charge in [-0.2, -0.15) is 8.78 Å². The number of amides is 3. The molecule has 4 rings (SSSR count). The second-order valence-corrected chi connectivity index (χ2v) is 6.66. The molecule has 3 amide bonds. The fourth-order valence-corrected chi connectivity index (χ4v) is 3.47. The maximum absolute atomic E-state index is 13.2. The number of aromatic nitrogens is 2. The van der Waals surface area contributed by atoms with Crippen LogP contribution in [0.4, 0.5) is 13.6 Å². The predicted molar refractivity (Wildman–Crippen MR) is 101 cm³/mol. The highest BCUT2D eigenvalue weighted by Gasteiger charge is 2.46. The average Bonchev–Trinajstić information content (AvgIpc) is 3.29. The number of nitrogens with zero attached hydrogens (tertiary/aromatic N) is 4. The van der Waals surface area contributed by atoms with Crippen molar-refractivity contribution in [2.45, 2.75) is 25.7 Å². The van der Waals surface area contributed by atoms with Crippen LogP contribution in [0.25, 0.3) is 0 Å². The number of hydrogen-bond donors (Lipinski definition) is 0. The topological polar surface area (TPSA) is 58.4 Å². The zero-order chi connectivity index (χ0) is 20.4. The Morgan fingerprint density at radius 2 is 1.59 bits per heavy atom. The summed E-state index contributed by atoms with van der Waals surface area (Å²) in [6, 6.07) is 16.9. The Balaban J connectivity index is 1.68. The SMILES string of the molecule is O=C1C(c2ccccc2)N(Cc2ccccc2)C(=O)N1Cc1nccn1C(F)F. The van der Waals surface area contributed by atoms with E-state index in [0.717, 1.165) is 16.7 Å². The van der Waals surface area contributed by atoms with Crippen molar-refractivity contribution in [1.29, 1.82) is 0 Å². The Kier molecular flexibility index (Phi) is 5.07. The number of carbonyl (C=O) groups is 2. The van der Waals surface area contributed by atoms with Crippen molar-refractivity contribution in [2.24, 2.45) is 0 Å². The van der Waals surface area contributed by atoms with Crippen LogP contribution >= 0.6 is 0 Å². The van der Waals surface area contributed by atoms with Gasteiger partial charge in [-0.25, -0.2) is 9.78 Å². The summed E-state index contributed by atoms with van der Waals surface area (Å²) in [7, 11) is 0. The lowest BCUT2D eigenvalue weighted by Crippen LogP contribution is -2.33. The predicted octanol–water partition coefficient (Wildman–Crippen LogP) is 3.98. The van der Waals surface area contributed by atoms with Crippen LogP contribution in [0.1, 0.15) is 29.5 Å². The number of hydrogen-bond acceptors (Lipinski definition) is 3. The highest BCUT2D eigenvalue weighted by Crippen LogP contribution is 2.33. The van der Waals surface area contributed by atoms with Gasteiger partial charge < -0.3 is 4.90 Å². The lowest BCUT2D eigenvalue weighted by atomic mass is 10.1. The third-order valence-corrected chi connectivity index (χ3v) is 4.86. The molecule has 1 fully saturated rings. The molecule has 6 nitrogen and oxygen atoms in total. The summed E-state index contributed by atoms with van der Waals surface area (Å²) >= 11 is 0. The normalized spacial score (nSPS) is 16.9. The quantitative estimate of drug-likeness (QED) is 0.592. The van der Waals surface area contributed by atoms with E-state index in [4.69, 9.17) is 0 Å². The smallest absolute Gasteiger partial charge is 0.304 e. The minimum atomic E-state index is -2.80. The molecular weight excluding hydrogens is 378 g/mol. The average molecular weight is 396 g/mol. The molecule has 8 heteroatoms. The number of imidazole rings is 1. The Morgan fingerprint density at radius 3 is 2.24 bits per heavy atom. The van der Waals surface area contributed by atoms with E-state index in [1.165, 1.54) is 11.1 Å². The van der Waals surface area contributed by atoms with Gasteiger partial charge in [0.1, 0.15) is 11.9 Å². The van der Waals surface area contributed by atoms with Gasteiger partial charge >= 0.3 is 12.6 Å². The molecule has 1 saturated heterocycles. The van der Waals surface area contributed by atoms with Crippen molar-refractivity contribution in [3.8, 4) is 0 Å². The molecule has 3 aromatic rings. The largest absolute Gasteiger partial charge is 0.328 e. The Hall–Kier alpha value is -3.55. The fourth-order valence-electron chi connectivity index (χ4n) is 3.47. The van der Waals surface area contributed by atoms with E-state index in [9.17, 15) is 18.4 Å². The molecule has 2 aromatic carbocycles. The summed E-state index contributed by atoms with van der Waals surface area (Å²) in [5.74, 6) is -0.504. The molecule has 2 heterocycles. The van der Waals surface area contributed by atoms with Gasteiger partial charge in [-0.05, 0) is 11.1 Å². The minimum absolute atomic E-state index is 0.0462. The number of halogens is 2. The summed E-state index contributed by atoms with van der Waals surface area (Å²) in [6.45, 7) is -2.89. The van der Waals surface area contributed by atoms with Gasteiger partial charge in [-0.15, -0.1) is 0 Å². The van der Waals surface area contributed by atoms with Crippen LogP contribution in [0.5, 0.6) is 0 Å². The van der Waals surface area contributed by atoms with Crippen molar-refractivity contribution in [3.05, 3.63) is 90.0 Å². The van der Waals surface area contributed by atoms with E-state index >= 15 is 0 Å². The molecule has 1 atom stereocenters. The highest BCUT2D eigenvalue weighted by atomic mass is 19.3. The van der Waals surface area contributed by atoms with Crippen LogP contribution in [-0.2, 0) is 17.9 Å². The number of carbonyl (C=O) groups excluding carboxylic acids is 2. The van der Waals surface area contributed by atoms with Gasteiger partial charge in [0.25, 0.3) is 5.91 Å². The number of alkyl halides is 2. The van der Waals surface area contributed by atoms with Crippen LogP contribution in [-0.4, -0.2) is 31.3 Å². The molecule has 0 saturated carbocycles. The van der Waals surface area contributed by atoms with Crippen LogP contribution in [0.3, 0.4) is 0 Å². The van der Waals surface area contributed by atoms with Crippen molar-refractivity contribution in [1.82, 2.24) is 19.4 Å². The second kappa shape index (κ2) is 7.83. The van der Waals surface area contributed by atoms with E-state index in [1.54, 1.807) is 24.3 Å². The number of imide groups is 1. The molecule has 29 heavy (non-hydrogen) atoms. The van der Waals surface area contributed by atoms with Crippen molar-refractivity contribution in [2.75, 3.05) is 0 Å². The molecule has 0 N–H and O–H groups in total. The van der Waals surface area contributed by atoms with Gasteiger partial charge in [0.05, 0.1) is 6.54 Å². The third kappa shape index (κ3) is 3.61. The number of urea groups is 1. The Bertz CT molecular complexity index is 1010. The van der Waals surface area contributed by atoms with Crippen LogP contribution in [0.2, 0.25) is 0 Å². The third-order valence-electron chi connectivity index (χ3n) is 4.86. The van der Waals surface area contributed by atoms with Crippen molar-refractivity contribution >= 4 is 11.9 Å². The molecule has 0 spiro atoms. The fraction of sp³-hybridized carbons (Fsp3) is 0.190. The van der Waals surface area contributed by atoms with E-state index in [2.05, 4.69) is 4.98 Å². The van der Waals surface area contributed by atoms with E-state index in [0.29, 0.717) is 10.1 Å². The molecule has 1 aliphatic heterocycles. The first-order chi connectivity index (χ1) is 14.1. The van der Waals surface area contributed by atoms with Gasteiger partial charge in [0, 0.05) is 18.9 Å². The lowest BCUT2D eigenvalue weighted by molar-refractivity contribution is -0.129. The molecule has 148 valence electrons. The van der Waals surface area contributed by atoms with Crippen LogP contribution in [0.15, 0.2) is 73.1 Å². The molecule has 1 aromatic heterocycles. The summed E-state index contributed by atoms with van der Waals surface area (Å²) in [4.78, 5) is 32.6. The lowest BCUT2D eigenvalue weighted by Gasteiger charge is -2.22. The second-order valence-electron chi connectivity index (χ2n) is 6.66. The molecule has 0 aliphatic carbocycles. The van der Waals surface area contributed by atoms with Crippen molar-refractivity contribution < 1.29 is 18.4 Å². The van der Waals surface area contributed by atoms with Crippen LogP contribution < -0.4 is 0 Å². The number of rotatable bonds is 6. The van der Waals surface area contributed by atoms with Crippen molar-refractivity contribution in [3.63, 3.8) is 0 Å². The molecule has 0 radical (unpaired) electrons. The molecule has 1 unspecified atom stereocenters. The first-order valence-corrected chi connectivity index (χ1v) is 9.07. The van der Waals surface area contributed by atoms with Gasteiger partial charge in [-0.1, -0.05) is 60.7 Å². The molecular formula is C21H18F2N4O2. The van der Waals surface area contributed by atoms with Gasteiger partial charge in [0.15, 0.2) is 0 Å². The zero-order valence-corrected chi connectivity index (χ0v) is 15.4. The monoisotopic (exact) mass is 396 g/mol. The minimum Gasteiger partial charge on any atom is -0.304 e. The Morgan fingerprint density at radius 1 is 0.931 bits per heavy atom. The standard InChI is InChI=1S/C21H18F2N4O2/c22-20(23)25-12-11-24-17(25)14-27-19(28)18(16-9-5-2-6-10-16)26(21(27)29)13-15-7-3-1-4-8-15/h1-12,18,20H,13-14H2.